The summed E-state index contributed by atoms with van der Waals surface area (Å²) in [7, 11) is 1.70. The van der Waals surface area contributed by atoms with Gasteiger partial charge in [-0.05, 0) is 43.4 Å². The van der Waals surface area contributed by atoms with Crippen LogP contribution in [0.3, 0.4) is 0 Å². The highest BCUT2D eigenvalue weighted by Crippen LogP contribution is 2.56. The summed E-state index contributed by atoms with van der Waals surface area (Å²) in [6.45, 7) is 5.59. The van der Waals surface area contributed by atoms with E-state index in [-0.39, 0.29) is 38.1 Å². The van der Waals surface area contributed by atoms with E-state index >= 15 is 4.79 Å². The van der Waals surface area contributed by atoms with Gasteiger partial charge in [0, 0.05) is 20.0 Å². The zero-order valence-corrected chi connectivity index (χ0v) is 29.9. The lowest BCUT2D eigenvalue weighted by Gasteiger charge is -2.39. The van der Waals surface area contributed by atoms with Gasteiger partial charge in [-0.1, -0.05) is 85.8 Å². The molecule has 2 saturated heterocycles. The van der Waals surface area contributed by atoms with E-state index in [1.54, 1.807) is 33.7 Å². The number of allylic oxidation sites excluding steroid dienone is 1. The van der Waals surface area contributed by atoms with Crippen LogP contribution in [0.15, 0.2) is 78.9 Å². The first-order valence-electron chi connectivity index (χ1n) is 18.1. The quantitative estimate of drug-likeness (QED) is 0.288. The van der Waals surface area contributed by atoms with Gasteiger partial charge in [-0.2, -0.15) is 0 Å². The minimum atomic E-state index is -1.48. The highest BCUT2D eigenvalue weighted by Gasteiger charge is 2.74. The molecule has 52 heavy (non-hydrogen) atoms. The minimum Gasteiger partial charge on any atom is -0.455 e. The number of carbonyl (C=O) groups is 4. The highest BCUT2D eigenvalue weighted by molar-refractivity contribution is 5.99. The first-order chi connectivity index (χ1) is 25.1. The van der Waals surface area contributed by atoms with Gasteiger partial charge < -0.3 is 29.3 Å². The summed E-state index contributed by atoms with van der Waals surface area (Å²) in [5.41, 5.74) is 0.615. The summed E-state index contributed by atoms with van der Waals surface area (Å²) in [4.78, 5) is 62.6. The summed E-state index contributed by atoms with van der Waals surface area (Å²) in [6.07, 6.45) is 6.61. The highest BCUT2D eigenvalue weighted by atomic mass is 16.6. The van der Waals surface area contributed by atoms with Crippen molar-refractivity contribution in [3.8, 4) is 0 Å². The Kier molecular flexibility index (Phi) is 9.75. The van der Waals surface area contributed by atoms with Crippen LogP contribution < -0.4 is 0 Å². The number of ether oxygens (including phenoxy) is 2. The number of hydrogen-bond acceptors (Lipinski definition) is 9. The molecule has 1 aromatic heterocycles. The molecular weight excluding hydrogens is 664 g/mol. The van der Waals surface area contributed by atoms with Crippen molar-refractivity contribution in [1.29, 1.82) is 0 Å². The number of para-hydroxylation sites is 1. The Morgan fingerprint density at radius 2 is 1.75 bits per heavy atom. The van der Waals surface area contributed by atoms with E-state index in [4.69, 9.17) is 9.47 Å². The van der Waals surface area contributed by atoms with Gasteiger partial charge in [-0.15, -0.1) is 5.10 Å². The number of likely N-dealkylation sites (tertiary alicyclic amines) is 1. The summed E-state index contributed by atoms with van der Waals surface area (Å²) in [5.74, 6) is -3.67. The molecule has 0 saturated carbocycles. The zero-order valence-electron chi connectivity index (χ0n) is 29.9. The van der Waals surface area contributed by atoms with Crippen LogP contribution in [0.25, 0.3) is 11.0 Å². The van der Waals surface area contributed by atoms with Crippen molar-refractivity contribution < 1.29 is 33.8 Å². The normalized spacial score (nSPS) is 30.8. The third-order valence-electron chi connectivity index (χ3n) is 11.0. The van der Waals surface area contributed by atoms with E-state index in [1.807, 2.05) is 87.5 Å². The maximum atomic E-state index is 15.2. The molecular formula is C39H46N6O7. The van der Waals surface area contributed by atoms with E-state index in [0.29, 0.717) is 23.9 Å². The van der Waals surface area contributed by atoms with Gasteiger partial charge in [0.1, 0.15) is 35.9 Å². The number of carbonyl (C=O) groups excluding carboxylic acids is 4. The predicted molar refractivity (Wildman–Crippen MR) is 190 cm³/mol. The standard InChI is InChI=1S/C39H46N6O7/c1-24(2)21-27(22-46)45-35-37(49)43(23-44-29-16-11-10-15-28(29)40-41-44)20-12-6-9-17-31(47)42(4)25(3)34(26-13-7-5-8-14-26)51-38(50)32-30-18-19-39(35,52-30)33(32)36(45)48/h5-8,10-16,18-19,24-25,27,30,32-35,46H,9,17,20-23H2,1-4H3/b12-6-/t25-,27+,30+,32-,33-,34+,35+,39-/m0/s1. The molecule has 1 spiro atoms. The predicted octanol–water partition coefficient (Wildman–Crippen LogP) is 3.26. The number of benzene rings is 2. The lowest BCUT2D eigenvalue weighted by molar-refractivity contribution is -0.164. The van der Waals surface area contributed by atoms with Crippen LogP contribution >= 0.6 is 0 Å². The fraction of sp³-hybridized carbons (Fsp3) is 0.487. The molecule has 0 unspecified atom stereocenters. The molecule has 274 valence electrons. The first kappa shape index (κ1) is 35.5. The van der Waals surface area contributed by atoms with Crippen molar-refractivity contribution in [2.75, 3.05) is 20.2 Å². The van der Waals surface area contributed by atoms with Crippen LogP contribution in [0, 0.1) is 17.8 Å². The van der Waals surface area contributed by atoms with E-state index in [1.165, 1.54) is 4.90 Å². The van der Waals surface area contributed by atoms with E-state index < -0.39 is 65.6 Å². The van der Waals surface area contributed by atoms with Gasteiger partial charge >= 0.3 is 5.97 Å². The second kappa shape index (κ2) is 14.3. The number of amides is 3. The van der Waals surface area contributed by atoms with Crippen LogP contribution in [0.1, 0.15) is 51.7 Å². The lowest BCUT2D eigenvalue weighted by Crippen LogP contribution is -2.58. The summed E-state index contributed by atoms with van der Waals surface area (Å²) in [6, 6.07) is 14.2. The van der Waals surface area contributed by atoms with Crippen molar-refractivity contribution in [2.24, 2.45) is 17.8 Å². The topological polar surface area (TPSA) is 147 Å². The van der Waals surface area contributed by atoms with Gasteiger partial charge in [-0.3, -0.25) is 19.2 Å². The fourth-order valence-corrected chi connectivity index (χ4v) is 8.37. The Labute approximate surface area is 302 Å². The first-order valence-corrected chi connectivity index (χ1v) is 18.1. The molecule has 13 nitrogen and oxygen atoms in total. The number of aliphatic hydroxyl groups is 1. The molecule has 7 rings (SSSR count). The Morgan fingerprint density at radius 1 is 1.00 bits per heavy atom. The van der Waals surface area contributed by atoms with E-state index in [9.17, 15) is 19.5 Å². The molecule has 13 heteroatoms. The SMILES string of the molecule is CC(C)C[C@H](CO)N1C(=O)[C@@H]2[C@H]3C(=O)O[C@@H](c4ccccc4)[C@H](C)N(C)C(=O)CC/C=C\CN(Cn4nnc5ccccc54)C(=O)[C@@H]1[C@]21C=C[C@H]3O1. The van der Waals surface area contributed by atoms with Crippen molar-refractivity contribution >= 4 is 34.7 Å². The number of cyclic esters (lactones) is 1. The third kappa shape index (κ3) is 6.09. The summed E-state index contributed by atoms with van der Waals surface area (Å²) in [5, 5.41) is 19.4. The lowest BCUT2D eigenvalue weighted by atomic mass is 9.74. The van der Waals surface area contributed by atoms with Crippen LogP contribution in [0.5, 0.6) is 0 Å². The molecule has 1 N–H and O–H groups in total. The maximum absolute atomic E-state index is 15.2. The van der Waals surface area contributed by atoms with Gasteiger partial charge in [0.25, 0.3) is 5.91 Å². The number of rotatable bonds is 7. The number of esters is 1. The van der Waals surface area contributed by atoms with Crippen LogP contribution in [0.2, 0.25) is 0 Å². The van der Waals surface area contributed by atoms with E-state index in [2.05, 4.69) is 10.3 Å². The number of nitrogens with zero attached hydrogens (tertiary/aromatic N) is 6. The number of hydrogen-bond donors (Lipinski definition) is 1. The molecule has 3 aromatic rings. The molecule has 4 aliphatic rings. The van der Waals surface area contributed by atoms with Crippen LogP contribution in [-0.2, 0) is 35.3 Å². The average molecular weight is 711 g/mol. The maximum Gasteiger partial charge on any atom is 0.313 e. The molecule has 5 bridgehead atoms. The van der Waals surface area contributed by atoms with Crippen LogP contribution in [0.4, 0.5) is 0 Å². The fourth-order valence-electron chi connectivity index (χ4n) is 8.37. The van der Waals surface area contributed by atoms with Gasteiger partial charge in [0.05, 0.1) is 36.2 Å². The molecule has 2 fully saturated rings. The summed E-state index contributed by atoms with van der Waals surface area (Å²) >= 11 is 0. The molecule has 4 aliphatic heterocycles. The molecule has 0 aliphatic carbocycles. The van der Waals surface area contributed by atoms with Gasteiger partial charge in [0.2, 0.25) is 11.8 Å². The van der Waals surface area contributed by atoms with Crippen molar-refractivity contribution in [3.63, 3.8) is 0 Å². The number of aromatic nitrogens is 3. The molecule has 3 amide bonds. The molecule has 0 radical (unpaired) electrons. The minimum absolute atomic E-state index is 0.00743. The Bertz CT molecular complexity index is 1890. The molecule has 2 aromatic carbocycles. The number of fused-ring (bicyclic) bond motifs is 3. The monoisotopic (exact) mass is 710 g/mol. The van der Waals surface area contributed by atoms with Gasteiger partial charge in [-0.25, -0.2) is 4.68 Å². The zero-order chi connectivity index (χ0) is 36.7. The Balaban J connectivity index is 1.34. The molecule has 8 atom stereocenters. The number of likely N-dealkylation sites (N-methyl/N-ethyl adjacent to an activating group) is 1. The number of aliphatic hydroxyl groups excluding tert-OH is 1. The van der Waals surface area contributed by atoms with E-state index in [0.717, 1.165) is 5.52 Å². The Hall–Kier alpha value is -4.88. The van der Waals surface area contributed by atoms with Crippen LogP contribution in [-0.4, -0.2) is 109 Å². The van der Waals surface area contributed by atoms with Crippen molar-refractivity contribution in [2.45, 2.75) is 82.6 Å². The molecule has 5 heterocycles. The second-order valence-corrected chi connectivity index (χ2v) is 14.7. The summed E-state index contributed by atoms with van der Waals surface area (Å²) < 4.78 is 14.6. The van der Waals surface area contributed by atoms with Crippen molar-refractivity contribution in [1.82, 2.24) is 29.7 Å². The average Bonchev–Trinajstić information content (AvgIpc) is 3.90. The smallest absolute Gasteiger partial charge is 0.313 e. The Morgan fingerprint density at radius 3 is 2.50 bits per heavy atom. The largest absolute Gasteiger partial charge is 0.455 e. The second-order valence-electron chi connectivity index (χ2n) is 14.7. The van der Waals surface area contributed by atoms with Gasteiger partial charge in [0.15, 0.2) is 0 Å². The third-order valence-corrected chi connectivity index (χ3v) is 11.0. The van der Waals surface area contributed by atoms with Crippen molar-refractivity contribution in [3.05, 3.63) is 84.5 Å².